The summed E-state index contributed by atoms with van der Waals surface area (Å²) in [7, 11) is 0. The SMILES string of the molecule is CC(=O)c1cccc(Oc2ncccc2C(=O)NCc2ccccc2Cl)c1. The zero-order valence-electron chi connectivity index (χ0n) is 14.6. The maximum atomic E-state index is 12.6. The molecule has 1 N–H and O–H groups in total. The molecule has 6 heteroatoms. The number of benzene rings is 2. The summed E-state index contributed by atoms with van der Waals surface area (Å²) in [6.45, 7) is 1.76. The van der Waals surface area contributed by atoms with Crippen LogP contribution < -0.4 is 10.1 Å². The lowest BCUT2D eigenvalue weighted by molar-refractivity contribution is 0.0946. The predicted octanol–water partition coefficient (Wildman–Crippen LogP) is 4.66. The second-order valence-electron chi connectivity index (χ2n) is 5.82. The van der Waals surface area contributed by atoms with Crippen molar-refractivity contribution in [3.8, 4) is 11.6 Å². The number of amides is 1. The highest BCUT2D eigenvalue weighted by Crippen LogP contribution is 2.24. The molecule has 0 aliphatic carbocycles. The van der Waals surface area contributed by atoms with Crippen LogP contribution in [0.5, 0.6) is 11.6 Å². The molecule has 1 aromatic heterocycles. The minimum absolute atomic E-state index is 0.0702. The standard InChI is InChI=1S/C21H17ClN2O3/c1-14(25)15-7-4-8-17(12-15)27-21-18(9-5-11-23-21)20(26)24-13-16-6-2-3-10-19(16)22/h2-12H,13H2,1H3,(H,24,26). The lowest BCUT2D eigenvalue weighted by Gasteiger charge is -2.11. The van der Waals surface area contributed by atoms with Crippen molar-refractivity contribution in [2.24, 2.45) is 0 Å². The molecule has 1 amide bonds. The summed E-state index contributed by atoms with van der Waals surface area (Å²) in [6, 6.07) is 17.3. The Labute approximate surface area is 162 Å². The molecule has 3 rings (SSSR count). The molecule has 0 bridgehead atoms. The van der Waals surface area contributed by atoms with Gasteiger partial charge in [-0.15, -0.1) is 0 Å². The van der Waals surface area contributed by atoms with Crippen molar-refractivity contribution in [2.45, 2.75) is 13.5 Å². The lowest BCUT2D eigenvalue weighted by Crippen LogP contribution is -2.23. The van der Waals surface area contributed by atoms with Gasteiger partial charge in [0.2, 0.25) is 5.88 Å². The monoisotopic (exact) mass is 380 g/mol. The van der Waals surface area contributed by atoms with Gasteiger partial charge in [0.25, 0.3) is 5.91 Å². The van der Waals surface area contributed by atoms with E-state index in [2.05, 4.69) is 10.3 Å². The molecular weight excluding hydrogens is 364 g/mol. The van der Waals surface area contributed by atoms with E-state index in [1.807, 2.05) is 18.2 Å². The Bertz CT molecular complexity index is 988. The summed E-state index contributed by atoms with van der Waals surface area (Å²) in [5.74, 6) is 0.191. The highest BCUT2D eigenvalue weighted by molar-refractivity contribution is 6.31. The summed E-state index contributed by atoms with van der Waals surface area (Å²) < 4.78 is 5.75. The number of aromatic nitrogens is 1. The third-order valence-electron chi connectivity index (χ3n) is 3.87. The summed E-state index contributed by atoms with van der Waals surface area (Å²) in [4.78, 5) is 28.3. The van der Waals surface area contributed by atoms with E-state index in [-0.39, 0.29) is 29.7 Å². The van der Waals surface area contributed by atoms with Crippen LogP contribution in [0.25, 0.3) is 0 Å². The molecule has 27 heavy (non-hydrogen) atoms. The van der Waals surface area contributed by atoms with Crippen LogP contribution in [0.1, 0.15) is 33.2 Å². The lowest BCUT2D eigenvalue weighted by atomic mass is 10.1. The van der Waals surface area contributed by atoms with Crippen LogP contribution in [0.3, 0.4) is 0 Å². The largest absolute Gasteiger partial charge is 0.438 e. The quantitative estimate of drug-likeness (QED) is 0.631. The van der Waals surface area contributed by atoms with Gasteiger partial charge in [0.05, 0.1) is 0 Å². The molecular formula is C21H17ClN2O3. The van der Waals surface area contributed by atoms with E-state index in [1.165, 1.54) is 13.1 Å². The number of Topliss-reactive ketones (excluding diaryl/α,β-unsaturated/α-hetero) is 1. The molecule has 0 radical (unpaired) electrons. The Morgan fingerprint density at radius 2 is 1.89 bits per heavy atom. The molecule has 0 saturated carbocycles. The van der Waals surface area contributed by atoms with E-state index < -0.39 is 0 Å². The van der Waals surface area contributed by atoms with E-state index in [1.54, 1.807) is 42.5 Å². The van der Waals surface area contributed by atoms with Gasteiger partial charge in [0.1, 0.15) is 11.3 Å². The summed E-state index contributed by atoms with van der Waals surface area (Å²) >= 11 is 6.12. The molecule has 0 atom stereocenters. The van der Waals surface area contributed by atoms with E-state index in [0.29, 0.717) is 16.3 Å². The van der Waals surface area contributed by atoms with Gasteiger partial charge in [-0.3, -0.25) is 9.59 Å². The second-order valence-corrected chi connectivity index (χ2v) is 6.22. The topological polar surface area (TPSA) is 68.3 Å². The van der Waals surface area contributed by atoms with Gasteiger partial charge in [0, 0.05) is 23.3 Å². The number of nitrogens with zero attached hydrogens (tertiary/aromatic N) is 1. The van der Waals surface area contributed by atoms with Crippen LogP contribution in [0, 0.1) is 0 Å². The minimum atomic E-state index is -0.333. The normalized spacial score (nSPS) is 10.3. The minimum Gasteiger partial charge on any atom is -0.438 e. The van der Waals surface area contributed by atoms with Crippen molar-refractivity contribution >= 4 is 23.3 Å². The number of nitrogens with one attached hydrogen (secondary N) is 1. The first-order valence-electron chi connectivity index (χ1n) is 8.30. The van der Waals surface area contributed by atoms with Crippen molar-refractivity contribution in [1.82, 2.24) is 10.3 Å². The Balaban J connectivity index is 1.77. The van der Waals surface area contributed by atoms with Crippen molar-refractivity contribution in [2.75, 3.05) is 0 Å². The van der Waals surface area contributed by atoms with Gasteiger partial charge in [-0.25, -0.2) is 4.98 Å². The van der Waals surface area contributed by atoms with Crippen molar-refractivity contribution < 1.29 is 14.3 Å². The maximum Gasteiger partial charge on any atom is 0.257 e. The third kappa shape index (κ3) is 4.71. The van der Waals surface area contributed by atoms with Gasteiger partial charge in [-0.05, 0) is 42.8 Å². The van der Waals surface area contributed by atoms with Crippen molar-refractivity contribution in [3.63, 3.8) is 0 Å². The molecule has 2 aromatic carbocycles. The molecule has 136 valence electrons. The van der Waals surface area contributed by atoms with E-state index in [4.69, 9.17) is 16.3 Å². The summed E-state index contributed by atoms with van der Waals surface area (Å²) in [6.07, 6.45) is 1.54. The molecule has 0 spiro atoms. The van der Waals surface area contributed by atoms with Gasteiger partial charge < -0.3 is 10.1 Å². The molecule has 0 fully saturated rings. The molecule has 0 saturated heterocycles. The molecule has 0 unspecified atom stereocenters. The van der Waals surface area contributed by atoms with Crippen molar-refractivity contribution in [3.05, 3.63) is 88.6 Å². The maximum absolute atomic E-state index is 12.6. The first-order chi connectivity index (χ1) is 13.0. The van der Waals surface area contributed by atoms with Crippen LogP contribution in [-0.4, -0.2) is 16.7 Å². The van der Waals surface area contributed by atoms with Crippen LogP contribution in [0.2, 0.25) is 5.02 Å². The van der Waals surface area contributed by atoms with Gasteiger partial charge in [-0.2, -0.15) is 0 Å². The van der Waals surface area contributed by atoms with Crippen LogP contribution in [-0.2, 0) is 6.54 Å². The van der Waals surface area contributed by atoms with Crippen LogP contribution in [0.4, 0.5) is 0 Å². The number of halogens is 1. The number of pyridine rings is 1. The van der Waals surface area contributed by atoms with Gasteiger partial charge in [-0.1, -0.05) is 41.9 Å². The Morgan fingerprint density at radius 1 is 1.07 bits per heavy atom. The Hall–Kier alpha value is -3.18. The number of ether oxygens (including phenoxy) is 1. The Morgan fingerprint density at radius 3 is 2.67 bits per heavy atom. The molecule has 3 aromatic rings. The number of rotatable bonds is 6. The molecule has 5 nitrogen and oxygen atoms in total. The average molecular weight is 381 g/mol. The first kappa shape index (κ1) is 18.6. The van der Waals surface area contributed by atoms with Gasteiger partial charge in [0.15, 0.2) is 5.78 Å². The van der Waals surface area contributed by atoms with Crippen LogP contribution in [0.15, 0.2) is 66.9 Å². The first-order valence-corrected chi connectivity index (χ1v) is 8.68. The number of carbonyl (C=O) groups is 2. The fourth-order valence-electron chi connectivity index (χ4n) is 2.45. The number of hydrogen-bond acceptors (Lipinski definition) is 4. The molecule has 1 heterocycles. The second kappa shape index (κ2) is 8.47. The summed E-state index contributed by atoms with van der Waals surface area (Å²) in [5.41, 5.74) is 1.62. The highest BCUT2D eigenvalue weighted by Gasteiger charge is 2.15. The number of ketones is 1. The number of carbonyl (C=O) groups excluding carboxylic acids is 2. The predicted molar refractivity (Wildman–Crippen MR) is 103 cm³/mol. The Kier molecular flexibility index (Phi) is 5.84. The fourth-order valence-corrected chi connectivity index (χ4v) is 2.65. The van der Waals surface area contributed by atoms with Gasteiger partial charge >= 0.3 is 0 Å². The zero-order valence-corrected chi connectivity index (χ0v) is 15.4. The third-order valence-corrected chi connectivity index (χ3v) is 4.24. The molecule has 0 aliphatic heterocycles. The van der Waals surface area contributed by atoms with Crippen LogP contribution >= 0.6 is 11.6 Å². The number of hydrogen-bond donors (Lipinski definition) is 1. The summed E-state index contributed by atoms with van der Waals surface area (Å²) in [5, 5.41) is 3.40. The molecule has 0 aliphatic rings. The van der Waals surface area contributed by atoms with E-state index in [0.717, 1.165) is 5.56 Å². The smallest absolute Gasteiger partial charge is 0.257 e. The fraction of sp³-hybridized carbons (Fsp3) is 0.0952. The average Bonchev–Trinajstić information content (AvgIpc) is 2.68. The zero-order chi connectivity index (χ0) is 19.2. The van der Waals surface area contributed by atoms with E-state index >= 15 is 0 Å². The van der Waals surface area contributed by atoms with E-state index in [9.17, 15) is 9.59 Å². The van der Waals surface area contributed by atoms with Crippen molar-refractivity contribution in [1.29, 1.82) is 0 Å². The highest BCUT2D eigenvalue weighted by atomic mass is 35.5.